The molecule has 0 heterocycles. The number of nitrogens with one attached hydrogen (secondary N) is 1. The van der Waals surface area contributed by atoms with Gasteiger partial charge in [0.1, 0.15) is 5.75 Å². The Balaban J connectivity index is 1.73. The second-order valence-electron chi connectivity index (χ2n) is 5.50. The zero-order valence-electron chi connectivity index (χ0n) is 11.4. The number of rotatable bonds is 4. The van der Waals surface area contributed by atoms with Crippen LogP contribution in [0.25, 0.3) is 0 Å². The maximum atomic E-state index is 11.9. The Morgan fingerprint density at radius 3 is 2.37 bits per heavy atom. The van der Waals surface area contributed by atoms with Crippen molar-refractivity contribution in [3.63, 3.8) is 0 Å². The fraction of sp³-hybridized carbons (Fsp3) is 0.562. The summed E-state index contributed by atoms with van der Waals surface area (Å²) >= 11 is 0. The van der Waals surface area contributed by atoms with Gasteiger partial charge in [0, 0.05) is 13.0 Å². The van der Waals surface area contributed by atoms with Gasteiger partial charge in [0.05, 0.1) is 0 Å². The van der Waals surface area contributed by atoms with E-state index in [0.717, 1.165) is 5.56 Å². The average molecular weight is 261 g/mol. The monoisotopic (exact) mass is 261 g/mol. The molecule has 1 aliphatic carbocycles. The predicted octanol–water partition coefficient (Wildman–Crippen LogP) is 3.37. The number of aromatic hydroxyl groups is 1. The molecule has 1 aromatic rings. The van der Waals surface area contributed by atoms with Crippen LogP contribution in [0.5, 0.6) is 5.75 Å². The first kappa shape index (κ1) is 13.9. The van der Waals surface area contributed by atoms with E-state index in [9.17, 15) is 9.90 Å². The molecular formula is C16H23NO2. The lowest BCUT2D eigenvalue weighted by atomic mass is 9.96. The third-order valence-corrected chi connectivity index (χ3v) is 3.87. The normalized spacial score (nSPS) is 16.8. The van der Waals surface area contributed by atoms with Crippen molar-refractivity contribution in [2.75, 3.05) is 0 Å². The molecule has 1 aliphatic rings. The van der Waals surface area contributed by atoms with Crippen LogP contribution in [0.4, 0.5) is 0 Å². The standard InChI is InChI=1S/C16H23NO2/c18-15-9-7-14(8-10-15)12-17-16(19)11-13-5-3-1-2-4-6-13/h7-10,13,18H,1-6,11-12H2,(H,17,19). The van der Waals surface area contributed by atoms with E-state index in [4.69, 9.17) is 0 Å². The predicted molar refractivity (Wildman–Crippen MR) is 75.8 cm³/mol. The van der Waals surface area contributed by atoms with Crippen LogP contribution >= 0.6 is 0 Å². The molecule has 0 unspecified atom stereocenters. The van der Waals surface area contributed by atoms with Crippen LogP contribution < -0.4 is 5.32 Å². The molecule has 2 rings (SSSR count). The molecule has 0 saturated heterocycles. The lowest BCUT2D eigenvalue weighted by molar-refractivity contribution is -0.122. The molecule has 3 heteroatoms. The molecule has 3 nitrogen and oxygen atoms in total. The number of phenolic OH excluding ortho intramolecular Hbond substituents is 1. The van der Waals surface area contributed by atoms with E-state index in [1.165, 1.54) is 38.5 Å². The first-order chi connectivity index (χ1) is 9.24. The van der Waals surface area contributed by atoms with Crippen molar-refractivity contribution < 1.29 is 9.90 Å². The largest absolute Gasteiger partial charge is 0.508 e. The van der Waals surface area contributed by atoms with E-state index in [0.29, 0.717) is 18.9 Å². The van der Waals surface area contributed by atoms with E-state index in [1.807, 2.05) is 12.1 Å². The molecule has 104 valence electrons. The van der Waals surface area contributed by atoms with Crippen LogP contribution in [-0.4, -0.2) is 11.0 Å². The molecular weight excluding hydrogens is 238 g/mol. The fourth-order valence-corrected chi connectivity index (χ4v) is 2.72. The molecule has 19 heavy (non-hydrogen) atoms. The summed E-state index contributed by atoms with van der Waals surface area (Å²) in [5, 5.41) is 12.2. The zero-order valence-corrected chi connectivity index (χ0v) is 11.4. The first-order valence-corrected chi connectivity index (χ1v) is 7.28. The minimum atomic E-state index is 0.153. The van der Waals surface area contributed by atoms with Gasteiger partial charge >= 0.3 is 0 Å². The van der Waals surface area contributed by atoms with Gasteiger partial charge in [-0.3, -0.25) is 4.79 Å². The Morgan fingerprint density at radius 1 is 1.11 bits per heavy atom. The SMILES string of the molecule is O=C(CC1CCCCCC1)NCc1ccc(O)cc1. The number of benzene rings is 1. The molecule has 1 aromatic carbocycles. The highest BCUT2D eigenvalue weighted by Gasteiger charge is 2.15. The molecule has 0 spiro atoms. The van der Waals surface area contributed by atoms with Crippen molar-refractivity contribution in [2.45, 2.75) is 51.5 Å². The number of hydrogen-bond donors (Lipinski definition) is 2. The molecule has 1 fully saturated rings. The summed E-state index contributed by atoms with van der Waals surface area (Å²) in [4.78, 5) is 11.9. The van der Waals surface area contributed by atoms with Crippen LogP contribution in [0.3, 0.4) is 0 Å². The summed E-state index contributed by atoms with van der Waals surface area (Å²) in [7, 11) is 0. The molecule has 2 N–H and O–H groups in total. The molecule has 0 bridgehead atoms. The van der Waals surface area contributed by atoms with E-state index in [2.05, 4.69) is 5.32 Å². The summed E-state index contributed by atoms with van der Waals surface area (Å²) < 4.78 is 0. The highest BCUT2D eigenvalue weighted by atomic mass is 16.3. The van der Waals surface area contributed by atoms with Gasteiger partial charge in [-0.15, -0.1) is 0 Å². The van der Waals surface area contributed by atoms with Gasteiger partial charge in [0.2, 0.25) is 5.91 Å². The highest BCUT2D eigenvalue weighted by Crippen LogP contribution is 2.25. The van der Waals surface area contributed by atoms with Crippen molar-refractivity contribution in [1.82, 2.24) is 5.32 Å². The molecule has 1 saturated carbocycles. The Labute approximate surface area is 115 Å². The number of carbonyl (C=O) groups excluding carboxylic acids is 1. The quantitative estimate of drug-likeness (QED) is 0.816. The Morgan fingerprint density at radius 2 is 1.74 bits per heavy atom. The van der Waals surface area contributed by atoms with Crippen molar-refractivity contribution in [2.24, 2.45) is 5.92 Å². The topological polar surface area (TPSA) is 49.3 Å². The summed E-state index contributed by atoms with van der Waals surface area (Å²) in [6, 6.07) is 6.96. The minimum absolute atomic E-state index is 0.153. The molecule has 0 aromatic heterocycles. The number of hydrogen-bond acceptors (Lipinski definition) is 2. The lowest BCUT2D eigenvalue weighted by Crippen LogP contribution is -2.25. The minimum Gasteiger partial charge on any atom is -0.508 e. The third kappa shape index (κ3) is 4.93. The second kappa shape index (κ2) is 7.17. The summed E-state index contributed by atoms with van der Waals surface area (Å²) in [6.45, 7) is 0.547. The van der Waals surface area contributed by atoms with Gasteiger partial charge in [-0.1, -0.05) is 37.8 Å². The van der Waals surface area contributed by atoms with Gasteiger partial charge in [-0.25, -0.2) is 0 Å². The smallest absolute Gasteiger partial charge is 0.220 e. The van der Waals surface area contributed by atoms with Crippen LogP contribution in [0.1, 0.15) is 50.5 Å². The Bertz CT molecular complexity index is 392. The number of amides is 1. The van der Waals surface area contributed by atoms with Crippen LogP contribution in [0, 0.1) is 5.92 Å². The summed E-state index contributed by atoms with van der Waals surface area (Å²) in [6.07, 6.45) is 8.26. The summed E-state index contributed by atoms with van der Waals surface area (Å²) in [5.41, 5.74) is 1.02. The average Bonchev–Trinajstić information content (AvgIpc) is 2.67. The Hall–Kier alpha value is -1.51. The molecule has 0 radical (unpaired) electrons. The van der Waals surface area contributed by atoms with Crippen LogP contribution in [0.2, 0.25) is 0 Å². The van der Waals surface area contributed by atoms with Crippen LogP contribution in [-0.2, 0) is 11.3 Å². The van der Waals surface area contributed by atoms with Gasteiger partial charge in [-0.05, 0) is 36.5 Å². The highest BCUT2D eigenvalue weighted by molar-refractivity contribution is 5.76. The van der Waals surface area contributed by atoms with E-state index >= 15 is 0 Å². The van der Waals surface area contributed by atoms with Gasteiger partial charge in [0.25, 0.3) is 0 Å². The summed E-state index contributed by atoms with van der Waals surface area (Å²) in [5.74, 6) is 0.982. The van der Waals surface area contributed by atoms with Gasteiger partial charge < -0.3 is 10.4 Å². The maximum absolute atomic E-state index is 11.9. The first-order valence-electron chi connectivity index (χ1n) is 7.28. The molecule has 1 amide bonds. The molecule has 0 aliphatic heterocycles. The third-order valence-electron chi connectivity index (χ3n) is 3.87. The van der Waals surface area contributed by atoms with Crippen molar-refractivity contribution in [3.8, 4) is 5.75 Å². The van der Waals surface area contributed by atoms with Crippen molar-refractivity contribution in [3.05, 3.63) is 29.8 Å². The number of phenols is 1. The van der Waals surface area contributed by atoms with Crippen molar-refractivity contribution in [1.29, 1.82) is 0 Å². The van der Waals surface area contributed by atoms with Crippen molar-refractivity contribution >= 4 is 5.91 Å². The fourth-order valence-electron chi connectivity index (χ4n) is 2.72. The van der Waals surface area contributed by atoms with Crippen LogP contribution in [0.15, 0.2) is 24.3 Å². The molecule has 0 atom stereocenters. The second-order valence-corrected chi connectivity index (χ2v) is 5.50. The van der Waals surface area contributed by atoms with E-state index in [-0.39, 0.29) is 11.7 Å². The number of carbonyl (C=O) groups is 1. The lowest BCUT2D eigenvalue weighted by Gasteiger charge is -2.13. The van der Waals surface area contributed by atoms with E-state index in [1.54, 1.807) is 12.1 Å². The maximum Gasteiger partial charge on any atom is 0.220 e. The van der Waals surface area contributed by atoms with Gasteiger partial charge in [0.15, 0.2) is 0 Å². The Kier molecular flexibility index (Phi) is 5.25. The van der Waals surface area contributed by atoms with Gasteiger partial charge in [-0.2, -0.15) is 0 Å². The van der Waals surface area contributed by atoms with E-state index < -0.39 is 0 Å². The zero-order chi connectivity index (χ0) is 13.5.